The van der Waals surface area contributed by atoms with Crippen LogP contribution in [0.1, 0.15) is 64.0 Å². The fourth-order valence-electron chi connectivity index (χ4n) is 2.71. The number of hydrazine groups is 1. The molecular weight excluding hydrogens is 248 g/mol. The van der Waals surface area contributed by atoms with Crippen LogP contribution in [0.15, 0.2) is 24.3 Å². The van der Waals surface area contributed by atoms with Gasteiger partial charge >= 0.3 is 0 Å². The maximum atomic E-state index is 5.80. The molecule has 1 saturated carbocycles. The van der Waals surface area contributed by atoms with Crippen molar-refractivity contribution in [2.24, 2.45) is 11.8 Å². The molecule has 20 heavy (non-hydrogen) atoms. The molecule has 0 amide bonds. The highest BCUT2D eigenvalue weighted by Crippen LogP contribution is 2.31. The SMILES string of the molecule is CCCCC(CC)C(NN)c1ccc(OC2CC2)cc1. The van der Waals surface area contributed by atoms with E-state index in [9.17, 15) is 0 Å². The van der Waals surface area contributed by atoms with Gasteiger partial charge in [0, 0.05) is 6.04 Å². The summed E-state index contributed by atoms with van der Waals surface area (Å²) in [6.07, 6.45) is 7.73. The third-order valence-corrected chi connectivity index (χ3v) is 4.17. The molecule has 3 heteroatoms. The number of unbranched alkanes of at least 4 members (excludes halogenated alkanes) is 1. The molecule has 0 aliphatic heterocycles. The van der Waals surface area contributed by atoms with E-state index in [1.54, 1.807) is 0 Å². The number of rotatable bonds is 9. The van der Waals surface area contributed by atoms with Crippen molar-refractivity contribution >= 4 is 0 Å². The van der Waals surface area contributed by atoms with Crippen molar-refractivity contribution in [3.63, 3.8) is 0 Å². The van der Waals surface area contributed by atoms with Crippen LogP contribution in [0.25, 0.3) is 0 Å². The Hall–Kier alpha value is -1.06. The summed E-state index contributed by atoms with van der Waals surface area (Å²) < 4.78 is 5.79. The minimum atomic E-state index is 0.238. The van der Waals surface area contributed by atoms with Gasteiger partial charge in [-0.05, 0) is 42.9 Å². The van der Waals surface area contributed by atoms with Crippen LogP contribution < -0.4 is 16.0 Å². The smallest absolute Gasteiger partial charge is 0.119 e. The van der Waals surface area contributed by atoms with Crippen molar-refractivity contribution in [1.82, 2.24) is 5.43 Å². The van der Waals surface area contributed by atoms with Gasteiger partial charge in [0.1, 0.15) is 5.75 Å². The van der Waals surface area contributed by atoms with Crippen LogP contribution in [-0.2, 0) is 0 Å². The van der Waals surface area contributed by atoms with Gasteiger partial charge in [-0.3, -0.25) is 11.3 Å². The van der Waals surface area contributed by atoms with E-state index < -0.39 is 0 Å². The summed E-state index contributed by atoms with van der Waals surface area (Å²) in [4.78, 5) is 0. The average molecular weight is 276 g/mol. The fourth-order valence-corrected chi connectivity index (χ4v) is 2.71. The van der Waals surface area contributed by atoms with Crippen LogP contribution in [0.3, 0.4) is 0 Å². The number of ether oxygens (including phenoxy) is 1. The van der Waals surface area contributed by atoms with E-state index in [-0.39, 0.29) is 6.04 Å². The molecule has 1 aromatic carbocycles. The number of hydrogen-bond donors (Lipinski definition) is 2. The fraction of sp³-hybridized carbons (Fsp3) is 0.647. The summed E-state index contributed by atoms with van der Waals surface area (Å²) >= 11 is 0. The molecule has 1 aliphatic rings. The summed E-state index contributed by atoms with van der Waals surface area (Å²) in [5.74, 6) is 7.37. The Kier molecular flexibility index (Phi) is 5.86. The zero-order valence-corrected chi connectivity index (χ0v) is 12.8. The highest BCUT2D eigenvalue weighted by Gasteiger charge is 2.24. The van der Waals surface area contributed by atoms with Crippen molar-refractivity contribution in [1.29, 1.82) is 0 Å². The van der Waals surface area contributed by atoms with Crippen molar-refractivity contribution in [2.45, 2.75) is 64.5 Å². The molecule has 3 nitrogen and oxygen atoms in total. The monoisotopic (exact) mass is 276 g/mol. The molecular formula is C17H28N2O. The second-order valence-electron chi connectivity index (χ2n) is 5.84. The zero-order chi connectivity index (χ0) is 14.4. The van der Waals surface area contributed by atoms with E-state index in [1.165, 1.54) is 37.7 Å². The van der Waals surface area contributed by atoms with E-state index >= 15 is 0 Å². The predicted octanol–water partition coefficient (Wildman–Crippen LogP) is 3.95. The molecule has 1 aromatic rings. The Morgan fingerprint density at radius 3 is 2.45 bits per heavy atom. The number of benzene rings is 1. The highest BCUT2D eigenvalue weighted by molar-refractivity contribution is 5.30. The number of nitrogens with one attached hydrogen (secondary N) is 1. The molecule has 2 atom stereocenters. The van der Waals surface area contributed by atoms with Gasteiger partial charge in [-0.25, -0.2) is 0 Å². The topological polar surface area (TPSA) is 47.3 Å². The second-order valence-corrected chi connectivity index (χ2v) is 5.84. The van der Waals surface area contributed by atoms with Crippen molar-refractivity contribution in [2.75, 3.05) is 0 Å². The summed E-state index contributed by atoms with van der Waals surface area (Å²) in [7, 11) is 0. The standard InChI is InChI=1S/C17H28N2O/c1-3-5-6-13(4-2)17(19-18)14-7-9-15(10-8-14)20-16-11-12-16/h7-10,13,16-17,19H,3-6,11-12,18H2,1-2H3. The van der Waals surface area contributed by atoms with Gasteiger partial charge in [0.25, 0.3) is 0 Å². The largest absolute Gasteiger partial charge is 0.490 e. The minimum Gasteiger partial charge on any atom is -0.490 e. The third-order valence-electron chi connectivity index (χ3n) is 4.17. The van der Waals surface area contributed by atoms with Crippen LogP contribution in [0.4, 0.5) is 0 Å². The van der Waals surface area contributed by atoms with Crippen LogP contribution >= 0.6 is 0 Å². The predicted molar refractivity (Wildman–Crippen MR) is 83.5 cm³/mol. The first-order valence-corrected chi connectivity index (χ1v) is 8.01. The molecule has 0 spiro atoms. The Balaban J connectivity index is 2.00. The van der Waals surface area contributed by atoms with Gasteiger partial charge in [-0.15, -0.1) is 0 Å². The molecule has 2 rings (SSSR count). The van der Waals surface area contributed by atoms with Gasteiger partial charge in [0.05, 0.1) is 6.10 Å². The Bertz CT molecular complexity index is 386. The minimum absolute atomic E-state index is 0.238. The van der Waals surface area contributed by atoms with Crippen molar-refractivity contribution in [3.8, 4) is 5.75 Å². The van der Waals surface area contributed by atoms with E-state index in [0.29, 0.717) is 12.0 Å². The lowest BCUT2D eigenvalue weighted by Gasteiger charge is -2.26. The van der Waals surface area contributed by atoms with Gasteiger partial charge in [0.2, 0.25) is 0 Å². The Labute approximate surface area is 122 Å². The molecule has 112 valence electrons. The number of nitrogens with two attached hydrogens (primary N) is 1. The molecule has 0 aromatic heterocycles. The molecule has 0 radical (unpaired) electrons. The first kappa shape index (κ1) is 15.3. The first-order valence-electron chi connectivity index (χ1n) is 8.01. The quantitative estimate of drug-likeness (QED) is 0.530. The Morgan fingerprint density at radius 2 is 1.95 bits per heavy atom. The lowest BCUT2D eigenvalue weighted by Crippen LogP contribution is -2.33. The van der Waals surface area contributed by atoms with Gasteiger partial charge in [-0.2, -0.15) is 0 Å². The lowest BCUT2D eigenvalue weighted by atomic mass is 9.87. The Morgan fingerprint density at radius 1 is 1.25 bits per heavy atom. The number of hydrogen-bond acceptors (Lipinski definition) is 3. The lowest BCUT2D eigenvalue weighted by molar-refractivity contribution is 0.302. The molecule has 1 fully saturated rings. The summed E-state index contributed by atoms with van der Waals surface area (Å²) in [5.41, 5.74) is 4.27. The summed E-state index contributed by atoms with van der Waals surface area (Å²) in [6, 6.07) is 8.68. The molecule has 0 saturated heterocycles. The highest BCUT2D eigenvalue weighted by atomic mass is 16.5. The molecule has 1 aliphatic carbocycles. The molecule has 3 N–H and O–H groups in total. The van der Waals surface area contributed by atoms with E-state index in [1.807, 2.05) is 0 Å². The average Bonchev–Trinajstić information content (AvgIpc) is 3.29. The normalized spacial score (nSPS) is 17.8. The zero-order valence-electron chi connectivity index (χ0n) is 12.8. The van der Waals surface area contributed by atoms with E-state index in [4.69, 9.17) is 10.6 Å². The molecule has 2 unspecified atom stereocenters. The van der Waals surface area contributed by atoms with E-state index in [0.717, 1.165) is 12.2 Å². The summed E-state index contributed by atoms with van der Waals surface area (Å²) in [6.45, 7) is 4.48. The second kappa shape index (κ2) is 7.65. The molecule has 0 bridgehead atoms. The van der Waals surface area contributed by atoms with Gasteiger partial charge in [0.15, 0.2) is 0 Å². The molecule has 0 heterocycles. The van der Waals surface area contributed by atoms with Crippen LogP contribution in [-0.4, -0.2) is 6.10 Å². The maximum absolute atomic E-state index is 5.80. The third kappa shape index (κ3) is 4.22. The van der Waals surface area contributed by atoms with Gasteiger partial charge in [-0.1, -0.05) is 45.2 Å². The van der Waals surface area contributed by atoms with Crippen LogP contribution in [0.5, 0.6) is 5.75 Å². The maximum Gasteiger partial charge on any atom is 0.119 e. The van der Waals surface area contributed by atoms with Crippen molar-refractivity contribution in [3.05, 3.63) is 29.8 Å². The summed E-state index contributed by atoms with van der Waals surface area (Å²) in [5, 5.41) is 0. The van der Waals surface area contributed by atoms with Crippen LogP contribution in [0.2, 0.25) is 0 Å². The van der Waals surface area contributed by atoms with Gasteiger partial charge < -0.3 is 4.74 Å². The van der Waals surface area contributed by atoms with Crippen molar-refractivity contribution < 1.29 is 4.74 Å². The van der Waals surface area contributed by atoms with Crippen LogP contribution in [0, 0.1) is 5.92 Å². The van der Waals surface area contributed by atoms with E-state index in [2.05, 4.69) is 43.5 Å². The first-order chi connectivity index (χ1) is 9.78.